The van der Waals surface area contributed by atoms with E-state index in [1.807, 2.05) is 13.8 Å². The van der Waals surface area contributed by atoms with Crippen molar-refractivity contribution in [2.75, 3.05) is 7.11 Å². The summed E-state index contributed by atoms with van der Waals surface area (Å²) < 4.78 is 5.15. The molecule has 22 heavy (non-hydrogen) atoms. The number of carbonyl (C=O) groups is 1. The van der Waals surface area contributed by atoms with Gasteiger partial charge in [-0.05, 0) is 30.7 Å². The van der Waals surface area contributed by atoms with Gasteiger partial charge in [-0.2, -0.15) is 0 Å². The maximum Gasteiger partial charge on any atom is 0.270 e. The highest BCUT2D eigenvalue weighted by molar-refractivity contribution is 6.09. The van der Waals surface area contributed by atoms with Crippen LogP contribution in [0.5, 0.6) is 11.6 Å². The molecule has 0 aliphatic rings. The summed E-state index contributed by atoms with van der Waals surface area (Å²) in [6, 6.07) is 5.74. The Kier molecular flexibility index (Phi) is 4.60. The summed E-state index contributed by atoms with van der Waals surface area (Å²) in [4.78, 5) is 31.4. The second-order valence-corrected chi connectivity index (χ2v) is 5.02. The molecule has 116 valence electrons. The minimum Gasteiger partial charge on any atom is -0.508 e. The quantitative estimate of drug-likeness (QED) is 0.826. The minimum absolute atomic E-state index is 0.00485. The number of nitrogens with zero attached hydrogens (tertiary/aromatic N) is 1. The first-order chi connectivity index (χ1) is 10.5. The average Bonchev–Trinajstić information content (AvgIpc) is 2.54. The van der Waals surface area contributed by atoms with Crippen LogP contribution in [0.15, 0.2) is 29.1 Å². The van der Waals surface area contributed by atoms with E-state index in [9.17, 15) is 14.7 Å². The number of ether oxygens (including phenoxy) is 1. The van der Waals surface area contributed by atoms with Gasteiger partial charge in [-0.15, -0.1) is 0 Å². The van der Waals surface area contributed by atoms with Crippen LogP contribution in [0.4, 0.5) is 0 Å². The minimum atomic E-state index is -0.419. The Hall–Kier alpha value is -2.63. The molecular formula is C16H18N2O4. The van der Waals surface area contributed by atoms with Crippen molar-refractivity contribution in [3.63, 3.8) is 0 Å². The molecule has 1 atom stereocenters. The Morgan fingerprint density at radius 1 is 1.36 bits per heavy atom. The first-order valence-electron chi connectivity index (χ1n) is 6.99. The number of phenols is 1. The van der Waals surface area contributed by atoms with Crippen LogP contribution >= 0.6 is 0 Å². The van der Waals surface area contributed by atoms with Gasteiger partial charge in [-0.1, -0.05) is 13.8 Å². The third-order valence-corrected chi connectivity index (χ3v) is 3.54. The Morgan fingerprint density at radius 3 is 2.55 bits per heavy atom. The van der Waals surface area contributed by atoms with E-state index >= 15 is 0 Å². The van der Waals surface area contributed by atoms with Gasteiger partial charge in [-0.25, -0.2) is 4.98 Å². The maximum atomic E-state index is 12.5. The molecule has 6 heteroatoms. The highest BCUT2D eigenvalue weighted by Crippen LogP contribution is 2.21. The number of nitrogens with one attached hydrogen (secondary N) is 1. The third kappa shape index (κ3) is 3.00. The fourth-order valence-electron chi connectivity index (χ4n) is 2.03. The number of methoxy groups -OCH3 is 1. The fourth-order valence-corrected chi connectivity index (χ4v) is 2.03. The Bertz CT molecular complexity index is 735. The Balaban J connectivity index is 2.51. The third-order valence-electron chi connectivity index (χ3n) is 3.54. The molecule has 0 spiro atoms. The standard InChI is InChI=1S/C16H18N2O4/c1-4-9(2)12-15(21)17-13(16(18-12)22-3)14(20)10-5-7-11(19)8-6-10/h5-9,19H,4H2,1-3H3,(H,17,21). The van der Waals surface area contributed by atoms with Crippen molar-refractivity contribution < 1.29 is 14.6 Å². The normalized spacial score (nSPS) is 12.0. The van der Waals surface area contributed by atoms with E-state index in [-0.39, 0.29) is 23.2 Å². The fraction of sp³-hybridized carbons (Fsp3) is 0.312. The van der Waals surface area contributed by atoms with Gasteiger partial charge < -0.3 is 14.8 Å². The van der Waals surface area contributed by atoms with Gasteiger partial charge in [0, 0.05) is 11.5 Å². The molecule has 1 unspecified atom stereocenters. The number of hydrogen-bond donors (Lipinski definition) is 2. The van der Waals surface area contributed by atoms with Crippen molar-refractivity contribution in [2.24, 2.45) is 0 Å². The van der Waals surface area contributed by atoms with Gasteiger partial charge in [0.1, 0.15) is 11.4 Å². The van der Waals surface area contributed by atoms with E-state index in [1.165, 1.54) is 31.4 Å². The molecule has 1 aromatic carbocycles. The summed E-state index contributed by atoms with van der Waals surface area (Å²) >= 11 is 0. The summed E-state index contributed by atoms with van der Waals surface area (Å²) in [5, 5.41) is 9.27. The lowest BCUT2D eigenvalue weighted by Crippen LogP contribution is -2.22. The number of phenolic OH excluding ortho intramolecular Hbond substituents is 1. The topological polar surface area (TPSA) is 92.3 Å². The summed E-state index contributed by atoms with van der Waals surface area (Å²) in [6.07, 6.45) is 0.754. The maximum absolute atomic E-state index is 12.5. The van der Waals surface area contributed by atoms with Crippen molar-refractivity contribution in [3.8, 4) is 11.6 Å². The summed E-state index contributed by atoms with van der Waals surface area (Å²) in [7, 11) is 1.40. The highest BCUT2D eigenvalue weighted by atomic mass is 16.5. The van der Waals surface area contributed by atoms with E-state index in [1.54, 1.807) is 0 Å². The molecule has 2 rings (SSSR count). The van der Waals surface area contributed by atoms with Crippen LogP contribution in [0.3, 0.4) is 0 Å². The number of benzene rings is 1. The van der Waals surface area contributed by atoms with Crippen molar-refractivity contribution in [2.45, 2.75) is 26.2 Å². The van der Waals surface area contributed by atoms with Crippen molar-refractivity contribution in [1.82, 2.24) is 9.97 Å². The lowest BCUT2D eigenvalue weighted by Gasteiger charge is -2.11. The number of aromatic hydroxyl groups is 1. The molecule has 6 nitrogen and oxygen atoms in total. The van der Waals surface area contributed by atoms with Crippen molar-refractivity contribution in [3.05, 3.63) is 51.6 Å². The number of rotatable bonds is 5. The van der Waals surface area contributed by atoms with Gasteiger partial charge in [0.15, 0.2) is 5.69 Å². The van der Waals surface area contributed by atoms with Crippen LogP contribution in [0.25, 0.3) is 0 Å². The van der Waals surface area contributed by atoms with Crippen molar-refractivity contribution >= 4 is 5.78 Å². The van der Waals surface area contributed by atoms with Gasteiger partial charge in [0.05, 0.1) is 7.11 Å². The van der Waals surface area contributed by atoms with E-state index in [4.69, 9.17) is 4.74 Å². The van der Waals surface area contributed by atoms with Gasteiger partial charge in [0.2, 0.25) is 11.7 Å². The summed E-state index contributed by atoms with van der Waals surface area (Å²) in [5.41, 5.74) is 0.286. The monoisotopic (exact) mass is 302 g/mol. The Labute approximate surface area is 127 Å². The SMILES string of the molecule is CCC(C)c1nc(OC)c(C(=O)c2ccc(O)cc2)[nH]c1=O. The molecule has 0 aliphatic heterocycles. The predicted molar refractivity (Wildman–Crippen MR) is 81.7 cm³/mol. The molecule has 2 aromatic rings. The van der Waals surface area contributed by atoms with Crippen LogP contribution in [0.1, 0.15) is 47.9 Å². The Morgan fingerprint density at radius 2 is 2.00 bits per heavy atom. The largest absolute Gasteiger partial charge is 0.508 e. The predicted octanol–water partition coefficient (Wildman–Crippen LogP) is 2.23. The zero-order valence-corrected chi connectivity index (χ0v) is 12.7. The van der Waals surface area contributed by atoms with E-state index in [0.29, 0.717) is 11.3 Å². The second-order valence-electron chi connectivity index (χ2n) is 5.02. The van der Waals surface area contributed by atoms with Crippen LogP contribution < -0.4 is 10.3 Å². The number of hydrogen-bond acceptors (Lipinski definition) is 5. The molecule has 0 saturated heterocycles. The van der Waals surface area contributed by atoms with Crippen LogP contribution in [-0.2, 0) is 0 Å². The first kappa shape index (κ1) is 15.8. The molecule has 0 amide bonds. The summed E-state index contributed by atoms with van der Waals surface area (Å²) in [6.45, 7) is 3.84. The second kappa shape index (κ2) is 6.43. The van der Waals surface area contributed by atoms with Gasteiger partial charge in [0.25, 0.3) is 5.56 Å². The average molecular weight is 302 g/mol. The van der Waals surface area contributed by atoms with Crippen LogP contribution in [0.2, 0.25) is 0 Å². The molecule has 0 fully saturated rings. The smallest absolute Gasteiger partial charge is 0.270 e. The number of aromatic amines is 1. The van der Waals surface area contributed by atoms with Crippen LogP contribution in [0, 0.1) is 0 Å². The number of H-pyrrole nitrogens is 1. The number of carbonyl (C=O) groups excluding carboxylic acids is 1. The molecule has 2 N–H and O–H groups in total. The summed E-state index contributed by atoms with van der Waals surface area (Å²) in [5.74, 6) is -0.303. The lowest BCUT2D eigenvalue weighted by molar-refractivity contribution is 0.103. The van der Waals surface area contributed by atoms with Crippen LogP contribution in [-0.4, -0.2) is 28.0 Å². The molecule has 1 aromatic heterocycles. The zero-order valence-electron chi connectivity index (χ0n) is 12.7. The van der Waals surface area contributed by atoms with E-state index < -0.39 is 11.3 Å². The molecule has 0 saturated carbocycles. The van der Waals surface area contributed by atoms with E-state index in [0.717, 1.165) is 6.42 Å². The highest BCUT2D eigenvalue weighted by Gasteiger charge is 2.21. The molecule has 0 bridgehead atoms. The number of aromatic nitrogens is 2. The molecule has 0 radical (unpaired) electrons. The first-order valence-corrected chi connectivity index (χ1v) is 6.99. The van der Waals surface area contributed by atoms with E-state index in [2.05, 4.69) is 9.97 Å². The van der Waals surface area contributed by atoms with Gasteiger partial charge in [-0.3, -0.25) is 9.59 Å². The molecule has 1 heterocycles. The number of ketones is 1. The molecular weight excluding hydrogens is 284 g/mol. The lowest BCUT2D eigenvalue weighted by atomic mass is 10.0. The molecule has 0 aliphatic carbocycles. The van der Waals surface area contributed by atoms with Gasteiger partial charge >= 0.3 is 0 Å². The van der Waals surface area contributed by atoms with Crippen molar-refractivity contribution in [1.29, 1.82) is 0 Å². The zero-order chi connectivity index (χ0) is 16.3.